The van der Waals surface area contributed by atoms with Gasteiger partial charge in [-0.2, -0.15) is 5.26 Å². The molecule has 24 heavy (non-hydrogen) atoms. The number of nitrogens with one attached hydrogen (secondary N) is 1. The second-order valence-electron chi connectivity index (χ2n) is 4.78. The summed E-state index contributed by atoms with van der Waals surface area (Å²) in [6.07, 6.45) is -0.0182. The highest BCUT2D eigenvalue weighted by molar-refractivity contribution is 6.32. The van der Waals surface area contributed by atoms with Gasteiger partial charge in [0, 0.05) is 10.7 Å². The lowest BCUT2D eigenvalue weighted by Crippen LogP contribution is -2.21. The third kappa shape index (κ3) is 4.98. The second kappa shape index (κ2) is 8.34. The van der Waals surface area contributed by atoms with Gasteiger partial charge in [-0.15, -0.1) is 0 Å². The number of esters is 1. The van der Waals surface area contributed by atoms with Gasteiger partial charge in [-0.3, -0.25) is 9.59 Å². The number of carbonyl (C=O) groups excluding carboxylic acids is 2. The Kier molecular flexibility index (Phi) is 6.19. The van der Waals surface area contributed by atoms with Crippen molar-refractivity contribution in [2.75, 3.05) is 11.9 Å². The van der Waals surface area contributed by atoms with E-state index in [0.29, 0.717) is 21.8 Å². The number of halogens is 2. The van der Waals surface area contributed by atoms with Gasteiger partial charge in [0.1, 0.15) is 6.07 Å². The Bertz CT molecular complexity index is 816. The summed E-state index contributed by atoms with van der Waals surface area (Å²) in [6.45, 7) is -0.430. The number of ether oxygens (including phenoxy) is 1. The van der Waals surface area contributed by atoms with Crippen LogP contribution in [0.3, 0.4) is 0 Å². The van der Waals surface area contributed by atoms with Gasteiger partial charge in [0.25, 0.3) is 5.91 Å². The van der Waals surface area contributed by atoms with Crippen LogP contribution in [0, 0.1) is 11.3 Å². The standard InChI is InChI=1S/C17H12Cl2N2O3/c18-14-4-2-1-3-11(14)7-17(23)24-10-16(22)21-13-6-5-12(9-20)15(19)8-13/h1-6,8H,7,10H2,(H,21,22). The zero-order chi connectivity index (χ0) is 17.5. The third-order valence-electron chi connectivity index (χ3n) is 3.03. The van der Waals surface area contributed by atoms with Crippen LogP contribution in [0.15, 0.2) is 42.5 Å². The first-order valence-corrected chi connectivity index (χ1v) is 7.63. The molecule has 2 aromatic rings. The molecule has 122 valence electrons. The van der Waals surface area contributed by atoms with Gasteiger partial charge in [0.2, 0.25) is 0 Å². The Morgan fingerprint density at radius 3 is 2.54 bits per heavy atom. The van der Waals surface area contributed by atoms with Gasteiger partial charge >= 0.3 is 5.97 Å². The minimum atomic E-state index is -0.559. The molecule has 0 atom stereocenters. The first-order valence-electron chi connectivity index (χ1n) is 6.88. The fraction of sp³-hybridized carbons (Fsp3) is 0.118. The van der Waals surface area contributed by atoms with Crippen LogP contribution in [0.2, 0.25) is 10.0 Å². The van der Waals surface area contributed by atoms with Crippen LogP contribution >= 0.6 is 23.2 Å². The number of nitriles is 1. The van der Waals surface area contributed by atoms with E-state index in [4.69, 9.17) is 33.2 Å². The Balaban J connectivity index is 1.85. The molecule has 1 amide bonds. The number of carbonyl (C=O) groups is 2. The Hall–Kier alpha value is -2.55. The SMILES string of the molecule is N#Cc1ccc(NC(=O)COC(=O)Cc2ccccc2Cl)cc1Cl. The zero-order valence-electron chi connectivity index (χ0n) is 12.4. The fourth-order valence-corrected chi connectivity index (χ4v) is 2.30. The van der Waals surface area contributed by atoms with Gasteiger partial charge in [-0.05, 0) is 29.8 Å². The lowest BCUT2D eigenvalue weighted by Gasteiger charge is -2.08. The summed E-state index contributed by atoms with van der Waals surface area (Å²) in [5.41, 5.74) is 1.34. The summed E-state index contributed by atoms with van der Waals surface area (Å²) < 4.78 is 4.92. The molecule has 0 aliphatic rings. The number of hydrogen-bond donors (Lipinski definition) is 1. The van der Waals surface area contributed by atoms with Crippen molar-refractivity contribution in [3.05, 3.63) is 63.6 Å². The molecule has 0 unspecified atom stereocenters. The maximum Gasteiger partial charge on any atom is 0.310 e. The molecule has 0 fully saturated rings. The van der Waals surface area contributed by atoms with Crippen LogP contribution in [0.5, 0.6) is 0 Å². The predicted octanol–water partition coefficient (Wildman–Crippen LogP) is 3.59. The molecule has 0 aliphatic carbocycles. The maximum absolute atomic E-state index is 11.8. The van der Waals surface area contributed by atoms with Gasteiger partial charge < -0.3 is 10.1 Å². The monoisotopic (exact) mass is 362 g/mol. The average Bonchev–Trinajstić information content (AvgIpc) is 2.55. The largest absolute Gasteiger partial charge is 0.455 e. The average molecular weight is 363 g/mol. The Morgan fingerprint density at radius 1 is 1.12 bits per heavy atom. The van der Waals surface area contributed by atoms with Crippen molar-refractivity contribution in [3.8, 4) is 6.07 Å². The van der Waals surface area contributed by atoms with E-state index >= 15 is 0 Å². The first kappa shape index (κ1) is 17.8. The normalized spacial score (nSPS) is 9.88. The number of anilines is 1. The quantitative estimate of drug-likeness (QED) is 0.824. The molecule has 0 aromatic heterocycles. The predicted molar refractivity (Wildman–Crippen MR) is 90.9 cm³/mol. The van der Waals surface area contributed by atoms with Crippen LogP contribution in [0.25, 0.3) is 0 Å². The van der Waals surface area contributed by atoms with E-state index in [1.807, 2.05) is 6.07 Å². The molecule has 0 spiro atoms. The molecule has 0 aliphatic heterocycles. The first-order chi connectivity index (χ1) is 11.5. The minimum absolute atomic E-state index is 0.0182. The molecular formula is C17H12Cl2N2O3. The lowest BCUT2D eigenvalue weighted by atomic mass is 10.1. The molecular weight excluding hydrogens is 351 g/mol. The smallest absolute Gasteiger partial charge is 0.310 e. The van der Waals surface area contributed by atoms with Crippen molar-refractivity contribution in [2.45, 2.75) is 6.42 Å². The van der Waals surface area contributed by atoms with Gasteiger partial charge in [0.05, 0.1) is 17.0 Å². The van der Waals surface area contributed by atoms with Gasteiger partial charge in [-0.25, -0.2) is 0 Å². The summed E-state index contributed by atoms with van der Waals surface area (Å²) in [6, 6.07) is 13.3. The van der Waals surface area contributed by atoms with E-state index in [2.05, 4.69) is 5.32 Å². The van der Waals surface area contributed by atoms with Crippen molar-refractivity contribution in [3.63, 3.8) is 0 Å². The van der Waals surface area contributed by atoms with Crippen LogP contribution in [-0.4, -0.2) is 18.5 Å². The van der Waals surface area contributed by atoms with Crippen LogP contribution in [0.4, 0.5) is 5.69 Å². The number of rotatable bonds is 5. The van der Waals surface area contributed by atoms with Crippen LogP contribution in [-0.2, 0) is 20.7 Å². The minimum Gasteiger partial charge on any atom is -0.455 e. The summed E-state index contributed by atoms with van der Waals surface area (Å²) in [5.74, 6) is -1.07. The van der Waals surface area contributed by atoms with E-state index in [-0.39, 0.29) is 11.4 Å². The van der Waals surface area contributed by atoms with E-state index in [1.54, 1.807) is 24.3 Å². The highest BCUT2D eigenvalue weighted by Gasteiger charge is 2.11. The molecule has 5 nitrogen and oxygen atoms in total. The summed E-state index contributed by atoms with van der Waals surface area (Å²) >= 11 is 11.8. The number of amides is 1. The lowest BCUT2D eigenvalue weighted by molar-refractivity contribution is -0.146. The molecule has 0 saturated carbocycles. The molecule has 0 bridgehead atoms. The third-order valence-corrected chi connectivity index (χ3v) is 3.71. The van der Waals surface area contributed by atoms with Crippen LogP contribution in [0.1, 0.15) is 11.1 Å². The molecule has 7 heteroatoms. The van der Waals surface area contributed by atoms with E-state index in [1.165, 1.54) is 18.2 Å². The summed E-state index contributed by atoms with van der Waals surface area (Å²) in [4.78, 5) is 23.5. The number of benzene rings is 2. The zero-order valence-corrected chi connectivity index (χ0v) is 13.9. The molecule has 2 rings (SSSR count). The Morgan fingerprint density at radius 2 is 1.88 bits per heavy atom. The number of nitrogens with zero attached hydrogens (tertiary/aromatic N) is 1. The summed E-state index contributed by atoms with van der Waals surface area (Å²) in [7, 11) is 0. The van der Waals surface area contributed by atoms with Crippen molar-refractivity contribution in [2.24, 2.45) is 0 Å². The molecule has 0 radical (unpaired) electrons. The second-order valence-corrected chi connectivity index (χ2v) is 5.60. The molecule has 0 saturated heterocycles. The maximum atomic E-state index is 11.8. The highest BCUT2D eigenvalue weighted by atomic mass is 35.5. The van der Waals surface area contributed by atoms with E-state index in [0.717, 1.165) is 0 Å². The van der Waals surface area contributed by atoms with Crippen molar-refractivity contribution < 1.29 is 14.3 Å². The fourth-order valence-electron chi connectivity index (χ4n) is 1.87. The highest BCUT2D eigenvalue weighted by Crippen LogP contribution is 2.20. The van der Waals surface area contributed by atoms with Gasteiger partial charge in [0.15, 0.2) is 6.61 Å². The van der Waals surface area contributed by atoms with E-state index < -0.39 is 18.5 Å². The Labute approximate surface area is 148 Å². The molecule has 0 heterocycles. The van der Waals surface area contributed by atoms with Gasteiger partial charge in [-0.1, -0.05) is 41.4 Å². The van der Waals surface area contributed by atoms with Crippen molar-refractivity contribution in [1.82, 2.24) is 0 Å². The molecule has 2 aromatic carbocycles. The topological polar surface area (TPSA) is 79.2 Å². The molecule has 1 N–H and O–H groups in total. The van der Waals surface area contributed by atoms with Crippen molar-refractivity contribution >= 4 is 40.8 Å². The van der Waals surface area contributed by atoms with Crippen LogP contribution < -0.4 is 5.32 Å². The number of hydrogen-bond acceptors (Lipinski definition) is 4. The van der Waals surface area contributed by atoms with E-state index in [9.17, 15) is 9.59 Å². The summed E-state index contributed by atoms with van der Waals surface area (Å²) in [5, 5.41) is 12.0. The van der Waals surface area contributed by atoms with Crippen molar-refractivity contribution in [1.29, 1.82) is 5.26 Å².